The van der Waals surface area contributed by atoms with E-state index in [0.29, 0.717) is 23.9 Å². The van der Waals surface area contributed by atoms with Crippen LogP contribution in [0.3, 0.4) is 0 Å². The van der Waals surface area contributed by atoms with Crippen molar-refractivity contribution < 1.29 is 23.7 Å². The number of nitrogens with zero attached hydrogens (tertiary/aromatic N) is 2. The number of hydrogen-bond donors (Lipinski definition) is 0. The molecule has 0 N–H and O–H groups in total. The monoisotopic (exact) mass is 422 g/mol. The molecule has 7 nitrogen and oxygen atoms in total. The number of aromatic nitrogens is 1. The van der Waals surface area contributed by atoms with E-state index < -0.39 is 6.10 Å². The minimum atomic E-state index is -0.713. The van der Waals surface area contributed by atoms with Gasteiger partial charge in [0, 0.05) is 24.4 Å². The van der Waals surface area contributed by atoms with Crippen molar-refractivity contribution in [3.05, 3.63) is 59.8 Å². The maximum atomic E-state index is 13.0. The number of fused-ring (bicyclic) bond motifs is 1. The van der Waals surface area contributed by atoms with Gasteiger partial charge in [-0.3, -0.25) is 14.8 Å². The smallest absolute Gasteiger partial charge is 0.203 e. The molecule has 0 radical (unpaired) electrons. The van der Waals surface area contributed by atoms with E-state index in [1.807, 2.05) is 37.3 Å². The zero-order valence-corrected chi connectivity index (χ0v) is 18.1. The lowest BCUT2D eigenvalue weighted by Gasteiger charge is -2.17. The summed E-state index contributed by atoms with van der Waals surface area (Å²) in [5.41, 5.74) is 2.34. The van der Waals surface area contributed by atoms with E-state index in [1.165, 1.54) is 0 Å². The van der Waals surface area contributed by atoms with Gasteiger partial charge in [-0.2, -0.15) is 0 Å². The van der Waals surface area contributed by atoms with Gasteiger partial charge >= 0.3 is 0 Å². The number of aliphatic imine (C=N–C) groups is 1. The van der Waals surface area contributed by atoms with Crippen LogP contribution in [-0.2, 0) is 9.53 Å². The van der Waals surface area contributed by atoms with Gasteiger partial charge in [0.25, 0.3) is 0 Å². The number of hydrogen-bond acceptors (Lipinski definition) is 7. The van der Waals surface area contributed by atoms with Gasteiger partial charge in [0.15, 0.2) is 17.3 Å². The van der Waals surface area contributed by atoms with Crippen LogP contribution in [0.15, 0.2) is 53.7 Å². The van der Waals surface area contributed by atoms with E-state index in [1.54, 1.807) is 45.9 Å². The summed E-state index contributed by atoms with van der Waals surface area (Å²) >= 11 is 0. The molecule has 0 bridgehead atoms. The van der Waals surface area contributed by atoms with Gasteiger partial charge in [-0.15, -0.1) is 0 Å². The Hall–Kier alpha value is -3.45. The third-order valence-corrected chi connectivity index (χ3v) is 4.76. The molecule has 0 fully saturated rings. The average molecular weight is 422 g/mol. The van der Waals surface area contributed by atoms with Gasteiger partial charge in [-0.1, -0.05) is 18.2 Å². The Balaban J connectivity index is 1.83. The minimum Gasteiger partial charge on any atom is -0.493 e. The summed E-state index contributed by atoms with van der Waals surface area (Å²) in [7, 11) is 4.64. The van der Waals surface area contributed by atoms with Gasteiger partial charge in [0.1, 0.15) is 12.6 Å². The number of pyridine rings is 1. The highest BCUT2D eigenvalue weighted by atomic mass is 16.5. The zero-order valence-electron chi connectivity index (χ0n) is 18.1. The largest absolute Gasteiger partial charge is 0.493 e. The topological polar surface area (TPSA) is 79.2 Å². The molecule has 3 rings (SSSR count). The van der Waals surface area contributed by atoms with E-state index in [0.717, 1.165) is 22.0 Å². The molecule has 3 aromatic rings. The fraction of sp³-hybridized carbons (Fsp3) is 0.292. The molecule has 0 saturated carbocycles. The first-order chi connectivity index (χ1) is 15.1. The van der Waals surface area contributed by atoms with Crippen molar-refractivity contribution in [1.82, 2.24) is 4.98 Å². The molecule has 1 atom stereocenters. The van der Waals surface area contributed by atoms with E-state index in [4.69, 9.17) is 18.9 Å². The molecule has 0 aliphatic rings. The molecule has 1 unspecified atom stereocenters. The van der Waals surface area contributed by atoms with Crippen molar-refractivity contribution in [1.29, 1.82) is 0 Å². The molecular formula is C24H26N2O5. The molecule has 162 valence electrons. The number of ether oxygens (including phenoxy) is 4. The highest BCUT2D eigenvalue weighted by Gasteiger charge is 2.22. The summed E-state index contributed by atoms with van der Waals surface area (Å²) in [5.74, 6) is 1.40. The number of Topliss-reactive ketones (excluding diaryl/α,β-unsaturated/α-hetero) is 1. The predicted octanol–water partition coefficient (Wildman–Crippen LogP) is 4.03. The second-order valence-corrected chi connectivity index (χ2v) is 6.65. The molecule has 31 heavy (non-hydrogen) atoms. The van der Waals surface area contributed by atoms with Crippen molar-refractivity contribution in [3.63, 3.8) is 0 Å². The summed E-state index contributed by atoms with van der Waals surface area (Å²) in [6.07, 6.45) is 2.62. The first-order valence-corrected chi connectivity index (χ1v) is 9.90. The van der Waals surface area contributed by atoms with Gasteiger partial charge < -0.3 is 18.9 Å². The number of ketones is 1. The minimum absolute atomic E-state index is 0.0298. The summed E-state index contributed by atoms with van der Waals surface area (Å²) in [4.78, 5) is 21.7. The molecule has 1 aromatic heterocycles. The molecular weight excluding hydrogens is 396 g/mol. The Morgan fingerprint density at radius 1 is 1.06 bits per heavy atom. The lowest BCUT2D eigenvalue weighted by Crippen LogP contribution is -2.19. The lowest BCUT2D eigenvalue weighted by molar-refractivity contribution is -0.129. The fourth-order valence-electron chi connectivity index (χ4n) is 3.38. The highest BCUT2D eigenvalue weighted by Crippen LogP contribution is 2.37. The third kappa shape index (κ3) is 5.00. The number of benzene rings is 2. The van der Waals surface area contributed by atoms with Crippen LogP contribution in [0.1, 0.15) is 24.2 Å². The van der Waals surface area contributed by atoms with Crippen LogP contribution in [-0.4, -0.2) is 51.5 Å². The van der Waals surface area contributed by atoms with Gasteiger partial charge in [-0.05, 0) is 42.3 Å². The number of carbonyl (C=O) groups is 1. The summed E-state index contributed by atoms with van der Waals surface area (Å²) in [5, 5.41) is 0.894. The van der Waals surface area contributed by atoms with Crippen LogP contribution in [0.5, 0.6) is 17.2 Å². The first kappa shape index (κ1) is 22.2. The first-order valence-electron chi connectivity index (χ1n) is 9.90. The molecule has 0 amide bonds. The van der Waals surface area contributed by atoms with Crippen LogP contribution in [0.2, 0.25) is 0 Å². The van der Waals surface area contributed by atoms with Crippen molar-refractivity contribution >= 4 is 22.9 Å². The van der Waals surface area contributed by atoms with Gasteiger partial charge in [0.2, 0.25) is 5.75 Å². The number of rotatable bonds is 10. The van der Waals surface area contributed by atoms with Crippen LogP contribution in [0.25, 0.3) is 10.9 Å². The fourth-order valence-corrected chi connectivity index (χ4v) is 3.38. The molecule has 7 heteroatoms. The molecule has 0 spiro atoms. The van der Waals surface area contributed by atoms with Crippen molar-refractivity contribution in [2.24, 2.45) is 4.99 Å². The number of methoxy groups -OCH3 is 3. The Morgan fingerprint density at radius 3 is 2.45 bits per heavy atom. The van der Waals surface area contributed by atoms with Crippen molar-refractivity contribution in [3.8, 4) is 17.2 Å². The quantitative estimate of drug-likeness (QED) is 0.459. The maximum Gasteiger partial charge on any atom is 0.203 e. The summed E-state index contributed by atoms with van der Waals surface area (Å²) in [6, 6.07) is 13.0. The molecule has 1 heterocycles. The summed E-state index contributed by atoms with van der Waals surface area (Å²) in [6.45, 7) is 2.24. The lowest BCUT2D eigenvalue weighted by atomic mass is 10.00. The van der Waals surface area contributed by atoms with E-state index >= 15 is 0 Å². The Labute approximate surface area is 181 Å². The van der Waals surface area contributed by atoms with Crippen LogP contribution < -0.4 is 14.2 Å². The van der Waals surface area contributed by atoms with Gasteiger partial charge in [-0.25, -0.2) is 0 Å². The van der Waals surface area contributed by atoms with Crippen molar-refractivity contribution in [2.75, 3.05) is 34.5 Å². The van der Waals surface area contributed by atoms with Gasteiger partial charge in [0.05, 0.1) is 26.8 Å². The van der Waals surface area contributed by atoms with Crippen LogP contribution in [0.4, 0.5) is 0 Å². The third-order valence-electron chi connectivity index (χ3n) is 4.76. The summed E-state index contributed by atoms with van der Waals surface area (Å²) < 4.78 is 21.8. The Morgan fingerprint density at radius 2 is 1.81 bits per heavy atom. The van der Waals surface area contributed by atoms with E-state index in [9.17, 15) is 4.79 Å². The second kappa shape index (κ2) is 10.5. The molecule has 0 saturated heterocycles. The average Bonchev–Trinajstić information content (AvgIpc) is 2.81. The van der Waals surface area contributed by atoms with E-state index in [-0.39, 0.29) is 12.3 Å². The Bertz CT molecular complexity index is 1050. The molecule has 2 aromatic carbocycles. The zero-order chi connectivity index (χ0) is 22.2. The van der Waals surface area contributed by atoms with Crippen LogP contribution >= 0.6 is 0 Å². The molecule has 0 aliphatic carbocycles. The molecule has 0 aliphatic heterocycles. The Kier molecular flexibility index (Phi) is 7.56. The van der Waals surface area contributed by atoms with Crippen molar-refractivity contribution in [2.45, 2.75) is 13.0 Å². The second-order valence-electron chi connectivity index (χ2n) is 6.65. The van der Waals surface area contributed by atoms with Crippen LogP contribution in [0, 0.1) is 0 Å². The maximum absolute atomic E-state index is 13.0. The normalized spacial score (nSPS) is 12.1. The highest BCUT2D eigenvalue weighted by molar-refractivity contribution is 5.93. The van der Waals surface area contributed by atoms with E-state index in [2.05, 4.69) is 9.98 Å². The SMILES string of the molecule is CCOC(C(=O)CN=Cc1cc(OC)c(OC)c(OC)c1)c1cccc2ncccc12. The predicted molar refractivity (Wildman–Crippen MR) is 120 cm³/mol. The number of carbonyl (C=O) groups excluding carboxylic acids is 1. The standard InChI is InChI=1S/C24H26N2O5/c1-5-31-23(18-8-6-10-19-17(18)9-7-11-26-19)20(27)15-25-14-16-12-21(28-2)24(30-4)22(13-16)29-3/h6-14,23H,5,15H2,1-4H3.